The summed E-state index contributed by atoms with van der Waals surface area (Å²) in [6, 6.07) is 1.78. The van der Waals surface area contributed by atoms with Gasteiger partial charge in [0.25, 0.3) is 5.10 Å². The van der Waals surface area contributed by atoms with Crippen molar-refractivity contribution in [3.05, 3.63) is 22.5 Å². The number of aromatic hydroxyl groups is 1. The minimum Gasteiger partial charge on any atom is -0.707 e. The van der Waals surface area contributed by atoms with Gasteiger partial charge in [0, 0.05) is 6.07 Å². The Morgan fingerprint density at radius 3 is 2.16 bits per heavy atom. The fourth-order valence-electron chi connectivity index (χ4n) is 1.67. The summed E-state index contributed by atoms with van der Waals surface area (Å²) < 4.78 is 10.8. The molecular formula is C11H13N3O5. The van der Waals surface area contributed by atoms with Gasteiger partial charge in [-0.2, -0.15) is 4.73 Å². The lowest BCUT2D eigenvalue weighted by Gasteiger charge is -2.11. The topological polar surface area (TPSA) is 105 Å². The first-order valence-electron chi connectivity index (χ1n) is 5.74. The second-order valence-electron chi connectivity index (χ2n) is 3.62. The molecule has 0 aliphatic carbocycles. The van der Waals surface area contributed by atoms with E-state index in [1.807, 2.05) is 0 Å². The predicted octanol–water partition coefficient (Wildman–Crippen LogP) is 0.00460. The highest BCUT2D eigenvalue weighted by Gasteiger charge is 2.24. The highest BCUT2D eigenvalue weighted by molar-refractivity contribution is 5.73. The summed E-state index contributed by atoms with van der Waals surface area (Å²) in [6.45, 7) is 4.32. The third kappa shape index (κ3) is 2.24. The van der Waals surface area contributed by atoms with Crippen LogP contribution in [0.3, 0.4) is 0 Å². The average Bonchev–Trinajstić information content (AvgIpc) is 2.38. The first-order valence-corrected chi connectivity index (χ1v) is 5.74. The van der Waals surface area contributed by atoms with Crippen molar-refractivity contribution in [2.24, 2.45) is 0 Å². The molecule has 1 heterocycles. The maximum Gasteiger partial charge on any atom is 0.569 e. The monoisotopic (exact) mass is 267 g/mol. The molecule has 0 radical (unpaired) electrons. The van der Waals surface area contributed by atoms with Crippen molar-refractivity contribution in [3.8, 4) is 17.5 Å². The van der Waals surface area contributed by atoms with E-state index >= 15 is 0 Å². The number of nitrogens with zero attached hydrogens (tertiary/aromatic N) is 3. The minimum atomic E-state index is -0.922. The van der Waals surface area contributed by atoms with E-state index in [4.69, 9.17) is 9.47 Å². The van der Waals surface area contributed by atoms with E-state index in [0.717, 1.165) is 0 Å². The highest BCUT2D eigenvalue weighted by Crippen LogP contribution is 2.30. The van der Waals surface area contributed by atoms with Crippen LogP contribution in [-0.2, 0) is 0 Å². The van der Waals surface area contributed by atoms with Crippen LogP contribution in [0.4, 0.5) is 0 Å². The Kier molecular flexibility index (Phi) is 3.41. The molecule has 1 aromatic heterocycles. The summed E-state index contributed by atoms with van der Waals surface area (Å²) in [7, 11) is 0. The molecule has 0 aliphatic heterocycles. The molecule has 0 aliphatic rings. The van der Waals surface area contributed by atoms with Crippen LogP contribution in [0.15, 0.2) is 12.1 Å². The van der Waals surface area contributed by atoms with E-state index in [-0.39, 0.29) is 20.6 Å². The van der Waals surface area contributed by atoms with Crippen molar-refractivity contribution in [2.75, 3.05) is 13.2 Å². The molecule has 8 heteroatoms. The molecule has 0 unspecified atom stereocenters. The van der Waals surface area contributed by atoms with Gasteiger partial charge >= 0.3 is 11.5 Å². The van der Waals surface area contributed by atoms with Crippen molar-refractivity contribution >= 4 is 11.0 Å². The molecule has 0 saturated heterocycles. The summed E-state index contributed by atoms with van der Waals surface area (Å²) in [5.74, 6) is 0.668. The first-order chi connectivity index (χ1) is 9.08. The second-order valence-corrected chi connectivity index (χ2v) is 3.62. The van der Waals surface area contributed by atoms with Gasteiger partial charge in [0.15, 0.2) is 11.5 Å². The summed E-state index contributed by atoms with van der Waals surface area (Å²) in [5, 5.41) is 35.6. The van der Waals surface area contributed by atoms with Gasteiger partial charge in [0.2, 0.25) is 5.52 Å². The van der Waals surface area contributed by atoms with Crippen LogP contribution in [0, 0.1) is 10.4 Å². The lowest BCUT2D eigenvalue weighted by atomic mass is 10.2. The summed E-state index contributed by atoms with van der Waals surface area (Å²) >= 11 is 0. The Morgan fingerprint density at radius 2 is 1.63 bits per heavy atom. The Balaban J connectivity index is 2.73. The second kappa shape index (κ2) is 5.01. The number of aromatic nitrogens is 3. The molecule has 1 N–H and O–H groups in total. The average molecular weight is 267 g/mol. The van der Waals surface area contributed by atoms with Crippen LogP contribution in [-0.4, -0.2) is 23.4 Å². The normalized spacial score (nSPS) is 10.6. The predicted molar refractivity (Wildman–Crippen MR) is 63.7 cm³/mol. The Bertz CT molecular complexity index is 617. The van der Waals surface area contributed by atoms with Gasteiger partial charge in [-0.3, -0.25) is 0 Å². The molecule has 8 nitrogen and oxygen atoms in total. The summed E-state index contributed by atoms with van der Waals surface area (Å²) in [5.41, 5.74) is -0.0610. The van der Waals surface area contributed by atoms with E-state index in [9.17, 15) is 15.5 Å². The Labute approximate surface area is 108 Å². The van der Waals surface area contributed by atoms with Gasteiger partial charge in [-0.25, -0.2) is 0 Å². The van der Waals surface area contributed by atoms with Crippen LogP contribution in [0.25, 0.3) is 11.0 Å². The summed E-state index contributed by atoms with van der Waals surface area (Å²) in [6.07, 6.45) is 0. The number of hydrogen-bond acceptors (Lipinski definition) is 6. The van der Waals surface area contributed by atoms with Crippen molar-refractivity contribution in [1.82, 2.24) is 5.10 Å². The van der Waals surface area contributed by atoms with Gasteiger partial charge in [-0.05, 0) is 13.8 Å². The van der Waals surface area contributed by atoms with Gasteiger partial charge in [-0.15, -0.1) is 0 Å². The quantitative estimate of drug-likeness (QED) is 0.617. The lowest BCUT2D eigenvalue weighted by molar-refractivity contribution is -0.684. The van der Waals surface area contributed by atoms with E-state index < -0.39 is 6.01 Å². The number of fused-ring (bicyclic) bond motifs is 1. The molecule has 0 atom stereocenters. The number of benzene rings is 1. The Morgan fingerprint density at radius 1 is 1.11 bits per heavy atom. The fourth-order valence-corrected chi connectivity index (χ4v) is 1.67. The maximum absolute atomic E-state index is 11.7. The third-order valence-corrected chi connectivity index (χ3v) is 2.43. The molecule has 0 saturated carbocycles. The fraction of sp³-hybridized carbons (Fsp3) is 0.364. The number of rotatable bonds is 4. The van der Waals surface area contributed by atoms with Crippen LogP contribution in [0.5, 0.6) is 17.5 Å². The van der Waals surface area contributed by atoms with Crippen molar-refractivity contribution < 1.29 is 24.2 Å². The largest absolute Gasteiger partial charge is 0.707 e. The minimum absolute atomic E-state index is 0.0142. The molecule has 0 bridgehead atoms. The Hall–Kier alpha value is -2.51. The molecule has 0 spiro atoms. The van der Waals surface area contributed by atoms with Crippen molar-refractivity contribution in [3.63, 3.8) is 0 Å². The van der Waals surface area contributed by atoms with Gasteiger partial charge < -0.3 is 25.0 Å². The SMILES string of the molecule is CCOc1cc2c(cc1OCC)[n+]([O-])c(O)n[n+]2[O-]. The molecular weight excluding hydrogens is 254 g/mol. The van der Waals surface area contributed by atoms with Crippen LogP contribution in [0.1, 0.15) is 13.8 Å². The highest BCUT2D eigenvalue weighted by atomic mass is 16.5. The zero-order chi connectivity index (χ0) is 14.0. The van der Waals surface area contributed by atoms with E-state index in [1.54, 1.807) is 13.8 Å². The molecule has 102 valence electrons. The zero-order valence-corrected chi connectivity index (χ0v) is 10.5. The maximum atomic E-state index is 11.7. The van der Waals surface area contributed by atoms with E-state index in [2.05, 4.69) is 5.10 Å². The molecule has 1 aromatic carbocycles. The van der Waals surface area contributed by atoms with Crippen molar-refractivity contribution in [2.45, 2.75) is 13.8 Å². The van der Waals surface area contributed by atoms with Gasteiger partial charge in [0.1, 0.15) is 0 Å². The van der Waals surface area contributed by atoms with Crippen LogP contribution < -0.4 is 19.0 Å². The first kappa shape index (κ1) is 12.9. The van der Waals surface area contributed by atoms with Crippen LogP contribution >= 0.6 is 0 Å². The summed E-state index contributed by atoms with van der Waals surface area (Å²) in [4.78, 5) is 0.164. The zero-order valence-electron chi connectivity index (χ0n) is 10.5. The van der Waals surface area contributed by atoms with Gasteiger partial charge in [0.05, 0.1) is 24.1 Å². The molecule has 2 rings (SSSR count). The lowest BCUT2D eigenvalue weighted by Crippen LogP contribution is -2.41. The third-order valence-electron chi connectivity index (χ3n) is 2.43. The smallest absolute Gasteiger partial charge is 0.569 e. The molecule has 19 heavy (non-hydrogen) atoms. The van der Waals surface area contributed by atoms with Gasteiger partial charge in [-0.1, -0.05) is 0 Å². The van der Waals surface area contributed by atoms with Crippen LogP contribution in [0.2, 0.25) is 0 Å². The molecule has 0 fully saturated rings. The number of hydrogen-bond donors (Lipinski definition) is 1. The van der Waals surface area contributed by atoms with E-state index in [1.165, 1.54) is 12.1 Å². The van der Waals surface area contributed by atoms with E-state index in [0.29, 0.717) is 24.7 Å². The van der Waals surface area contributed by atoms with Crippen molar-refractivity contribution in [1.29, 1.82) is 0 Å². The molecule has 0 amide bonds. The number of ether oxygens (including phenoxy) is 2. The molecule has 2 aromatic rings. The standard InChI is InChI=1S/C11H13N3O5/c1-3-18-9-5-7-8(6-10(9)19-4-2)14(17)12-11(15)13(7)16/h5-6H,3-4H2,1-2H3,(H,12,15).